The zero-order valence-corrected chi connectivity index (χ0v) is 13.9. The predicted octanol–water partition coefficient (Wildman–Crippen LogP) is 1.53. The fraction of sp³-hybridized carbons (Fsp3) is 0.211. The molecule has 0 saturated heterocycles. The third kappa shape index (κ3) is 2.70. The number of rotatable bonds is 4. The highest BCUT2D eigenvalue weighted by Crippen LogP contribution is 2.33. The van der Waals surface area contributed by atoms with Crippen LogP contribution in [0.15, 0.2) is 36.4 Å². The van der Waals surface area contributed by atoms with Gasteiger partial charge in [0, 0.05) is 35.8 Å². The van der Waals surface area contributed by atoms with Crippen molar-refractivity contribution in [1.82, 2.24) is 4.90 Å². The summed E-state index contributed by atoms with van der Waals surface area (Å²) in [6.45, 7) is 0.0284. The lowest BCUT2D eigenvalue weighted by molar-refractivity contribution is 0.0766. The minimum atomic E-state index is -0.325. The van der Waals surface area contributed by atoms with Gasteiger partial charge in [0.2, 0.25) is 0 Å². The van der Waals surface area contributed by atoms with Gasteiger partial charge in [0.25, 0.3) is 5.91 Å². The second kappa shape index (κ2) is 6.49. The van der Waals surface area contributed by atoms with Crippen molar-refractivity contribution in [2.24, 2.45) is 0 Å². The molecule has 1 amide bonds. The summed E-state index contributed by atoms with van der Waals surface area (Å²) in [7, 11) is 3.01. The molecule has 0 aromatic heterocycles. The second-order valence-electron chi connectivity index (χ2n) is 5.75. The Morgan fingerprint density at radius 1 is 1.08 bits per heavy atom. The summed E-state index contributed by atoms with van der Waals surface area (Å²) >= 11 is 0. The predicted molar refractivity (Wildman–Crippen MR) is 90.3 cm³/mol. The number of nitrogens with zero attached hydrogens (tertiary/aromatic N) is 1. The number of ketones is 2. The Morgan fingerprint density at radius 3 is 2.52 bits per heavy atom. The SMILES string of the molecule is COc1cccc2c1C(=O)c1ccc(C(=O)N(C)CCO)cc1C2=O. The topological polar surface area (TPSA) is 83.9 Å². The number of carbonyl (C=O) groups is 3. The van der Waals surface area contributed by atoms with E-state index in [0.29, 0.717) is 11.3 Å². The van der Waals surface area contributed by atoms with Gasteiger partial charge in [-0.15, -0.1) is 0 Å². The number of aliphatic hydroxyl groups is 1. The maximum absolute atomic E-state index is 12.8. The lowest BCUT2D eigenvalue weighted by atomic mass is 9.83. The van der Waals surface area contributed by atoms with E-state index in [0.717, 1.165) is 0 Å². The van der Waals surface area contributed by atoms with Crippen LogP contribution in [0.2, 0.25) is 0 Å². The van der Waals surface area contributed by atoms with E-state index in [1.54, 1.807) is 25.2 Å². The Labute approximate surface area is 144 Å². The molecule has 0 heterocycles. The van der Waals surface area contributed by atoms with E-state index < -0.39 is 0 Å². The summed E-state index contributed by atoms with van der Waals surface area (Å²) in [5.74, 6) is -0.592. The summed E-state index contributed by atoms with van der Waals surface area (Å²) in [5, 5.41) is 8.96. The summed E-state index contributed by atoms with van der Waals surface area (Å²) in [6, 6.07) is 9.31. The molecule has 2 aromatic rings. The molecule has 1 N–H and O–H groups in total. The first-order valence-electron chi connectivity index (χ1n) is 7.76. The minimum Gasteiger partial charge on any atom is -0.496 e. The zero-order valence-electron chi connectivity index (χ0n) is 13.9. The number of ether oxygens (including phenoxy) is 1. The van der Waals surface area contributed by atoms with Crippen LogP contribution < -0.4 is 4.74 Å². The second-order valence-corrected chi connectivity index (χ2v) is 5.75. The number of fused-ring (bicyclic) bond motifs is 2. The number of benzene rings is 2. The molecule has 6 heteroatoms. The smallest absolute Gasteiger partial charge is 0.253 e. The molecule has 2 aromatic carbocycles. The summed E-state index contributed by atoms with van der Waals surface area (Å²) < 4.78 is 5.21. The molecule has 0 fully saturated rings. The van der Waals surface area contributed by atoms with E-state index in [1.807, 2.05) is 0 Å². The molecule has 25 heavy (non-hydrogen) atoms. The van der Waals surface area contributed by atoms with Gasteiger partial charge in [-0.05, 0) is 24.3 Å². The highest BCUT2D eigenvalue weighted by molar-refractivity contribution is 6.29. The Kier molecular flexibility index (Phi) is 4.37. The Morgan fingerprint density at radius 2 is 1.84 bits per heavy atom. The van der Waals surface area contributed by atoms with Crippen molar-refractivity contribution in [3.8, 4) is 5.75 Å². The molecule has 0 atom stereocenters. The maximum atomic E-state index is 12.8. The van der Waals surface area contributed by atoms with Crippen LogP contribution in [-0.4, -0.2) is 54.8 Å². The largest absolute Gasteiger partial charge is 0.496 e. The van der Waals surface area contributed by atoms with Crippen LogP contribution in [0.25, 0.3) is 0 Å². The van der Waals surface area contributed by atoms with Crippen LogP contribution in [-0.2, 0) is 0 Å². The Bertz CT molecular complexity index is 887. The van der Waals surface area contributed by atoms with Crippen molar-refractivity contribution in [1.29, 1.82) is 0 Å². The zero-order chi connectivity index (χ0) is 18.1. The van der Waals surface area contributed by atoms with E-state index >= 15 is 0 Å². The molecular formula is C19H17NO5. The van der Waals surface area contributed by atoms with Crippen LogP contribution in [0, 0.1) is 0 Å². The Hall–Kier alpha value is -2.99. The molecule has 0 saturated carbocycles. The van der Waals surface area contributed by atoms with E-state index in [4.69, 9.17) is 9.84 Å². The van der Waals surface area contributed by atoms with Crippen LogP contribution in [0.3, 0.4) is 0 Å². The first-order chi connectivity index (χ1) is 12.0. The molecular weight excluding hydrogens is 322 g/mol. The van der Waals surface area contributed by atoms with Crippen LogP contribution in [0.4, 0.5) is 0 Å². The fourth-order valence-corrected chi connectivity index (χ4v) is 2.94. The molecule has 1 aliphatic rings. The number of likely N-dealkylation sites (N-methyl/N-ethyl adjacent to an activating group) is 1. The number of hydrogen-bond acceptors (Lipinski definition) is 5. The molecule has 0 unspecified atom stereocenters. The standard InChI is InChI=1S/C19H17NO5/c1-20(8-9-21)19(24)11-6-7-12-14(10-11)17(22)13-4-3-5-15(25-2)16(13)18(12)23/h3-7,10,21H,8-9H2,1-2H3. The van der Waals surface area contributed by atoms with Crippen molar-refractivity contribution >= 4 is 17.5 Å². The number of carbonyl (C=O) groups excluding carboxylic acids is 3. The maximum Gasteiger partial charge on any atom is 0.253 e. The molecule has 0 radical (unpaired) electrons. The van der Waals surface area contributed by atoms with Gasteiger partial charge in [-0.2, -0.15) is 0 Å². The third-order valence-electron chi connectivity index (χ3n) is 4.26. The third-order valence-corrected chi connectivity index (χ3v) is 4.26. The molecule has 0 bridgehead atoms. The first kappa shape index (κ1) is 16.9. The van der Waals surface area contributed by atoms with Crippen molar-refractivity contribution < 1.29 is 24.2 Å². The van der Waals surface area contributed by atoms with Gasteiger partial charge in [0.1, 0.15) is 5.75 Å². The first-order valence-corrected chi connectivity index (χ1v) is 7.76. The lowest BCUT2D eigenvalue weighted by Gasteiger charge is -2.21. The van der Waals surface area contributed by atoms with Crippen molar-refractivity contribution in [3.63, 3.8) is 0 Å². The van der Waals surface area contributed by atoms with Crippen molar-refractivity contribution in [2.75, 3.05) is 27.3 Å². The monoisotopic (exact) mass is 339 g/mol. The van der Waals surface area contributed by atoms with Gasteiger partial charge in [-0.1, -0.05) is 12.1 Å². The fourth-order valence-electron chi connectivity index (χ4n) is 2.94. The van der Waals surface area contributed by atoms with Crippen LogP contribution >= 0.6 is 0 Å². The van der Waals surface area contributed by atoms with Crippen LogP contribution in [0.1, 0.15) is 42.2 Å². The van der Waals surface area contributed by atoms with E-state index in [1.165, 1.54) is 30.2 Å². The quantitative estimate of drug-likeness (QED) is 0.779. The molecule has 3 rings (SSSR count). The van der Waals surface area contributed by atoms with E-state index in [9.17, 15) is 14.4 Å². The highest BCUT2D eigenvalue weighted by atomic mass is 16.5. The number of aliphatic hydroxyl groups excluding tert-OH is 1. The van der Waals surface area contributed by atoms with Gasteiger partial charge < -0.3 is 14.7 Å². The average Bonchev–Trinajstić information content (AvgIpc) is 2.64. The van der Waals surface area contributed by atoms with Gasteiger partial charge in [0.15, 0.2) is 11.6 Å². The molecule has 128 valence electrons. The van der Waals surface area contributed by atoms with E-state index in [-0.39, 0.29) is 52.9 Å². The summed E-state index contributed by atoms with van der Waals surface area (Å²) in [5.41, 5.74) is 1.27. The lowest BCUT2D eigenvalue weighted by Crippen LogP contribution is -2.30. The summed E-state index contributed by atoms with van der Waals surface area (Å²) in [4.78, 5) is 39.3. The van der Waals surface area contributed by atoms with Gasteiger partial charge in [0.05, 0.1) is 19.3 Å². The van der Waals surface area contributed by atoms with E-state index in [2.05, 4.69) is 0 Å². The van der Waals surface area contributed by atoms with Gasteiger partial charge in [-0.25, -0.2) is 0 Å². The Balaban J connectivity index is 2.09. The van der Waals surface area contributed by atoms with Crippen molar-refractivity contribution in [3.05, 3.63) is 64.2 Å². The van der Waals surface area contributed by atoms with Gasteiger partial charge >= 0.3 is 0 Å². The van der Waals surface area contributed by atoms with Gasteiger partial charge in [-0.3, -0.25) is 14.4 Å². The van der Waals surface area contributed by atoms with Crippen molar-refractivity contribution in [2.45, 2.75) is 0 Å². The molecule has 0 aliphatic heterocycles. The number of hydrogen-bond donors (Lipinski definition) is 1. The molecule has 6 nitrogen and oxygen atoms in total. The minimum absolute atomic E-state index is 0.155. The normalized spacial score (nSPS) is 12.4. The number of amides is 1. The summed E-state index contributed by atoms with van der Waals surface area (Å²) in [6.07, 6.45) is 0. The molecule has 1 aliphatic carbocycles. The number of methoxy groups -OCH3 is 1. The van der Waals surface area contributed by atoms with Crippen LogP contribution in [0.5, 0.6) is 5.75 Å². The molecule has 0 spiro atoms. The highest BCUT2D eigenvalue weighted by Gasteiger charge is 2.32. The average molecular weight is 339 g/mol.